The van der Waals surface area contributed by atoms with E-state index in [1.165, 1.54) is 9.80 Å². The minimum absolute atomic E-state index is 0.0601. The van der Waals surface area contributed by atoms with Gasteiger partial charge in [-0.05, 0) is 82.6 Å². The van der Waals surface area contributed by atoms with Crippen LogP contribution in [-0.4, -0.2) is 89.1 Å². The first-order chi connectivity index (χ1) is 24.0. The Labute approximate surface area is 303 Å². The molecule has 0 bridgehead atoms. The fourth-order valence-electron chi connectivity index (χ4n) is 7.09. The number of fused-ring (bicyclic) bond motifs is 3. The molecule has 0 aromatic heterocycles. The lowest BCUT2D eigenvalue weighted by atomic mass is 10.0. The fourth-order valence-corrected chi connectivity index (χ4v) is 8.65. The van der Waals surface area contributed by atoms with Crippen molar-refractivity contribution in [3.8, 4) is 0 Å². The highest BCUT2D eigenvalue weighted by atomic mass is 35.5. The van der Waals surface area contributed by atoms with Crippen molar-refractivity contribution in [2.45, 2.75) is 126 Å². The van der Waals surface area contributed by atoms with Crippen molar-refractivity contribution in [1.82, 2.24) is 30.5 Å². The van der Waals surface area contributed by atoms with Crippen molar-refractivity contribution < 1.29 is 37.1 Å². The van der Waals surface area contributed by atoms with Gasteiger partial charge in [-0.3, -0.25) is 24.0 Å². The highest BCUT2D eigenvalue weighted by molar-refractivity contribution is 7.91. The van der Waals surface area contributed by atoms with E-state index in [2.05, 4.69) is 20.7 Å². The Balaban J connectivity index is 1.25. The summed E-state index contributed by atoms with van der Waals surface area (Å²) in [5.74, 6) is -2.45. The van der Waals surface area contributed by atoms with E-state index < -0.39 is 80.3 Å². The van der Waals surface area contributed by atoms with Gasteiger partial charge in [0, 0.05) is 36.0 Å². The molecule has 278 valence electrons. The zero-order valence-electron chi connectivity index (χ0n) is 29.2. The van der Waals surface area contributed by atoms with Gasteiger partial charge in [0.2, 0.25) is 21.8 Å². The molecule has 5 atom stereocenters. The normalized spacial score (nSPS) is 28.9. The van der Waals surface area contributed by atoms with Crippen LogP contribution in [-0.2, 0) is 42.2 Å². The Bertz CT molecular complexity index is 1730. The molecule has 1 aromatic carbocycles. The van der Waals surface area contributed by atoms with Gasteiger partial charge in [0.15, 0.2) is 0 Å². The van der Waals surface area contributed by atoms with Crippen LogP contribution in [0.3, 0.4) is 0 Å². The minimum Gasteiger partial charge on any atom is -0.444 e. The summed E-state index contributed by atoms with van der Waals surface area (Å²) in [5.41, 5.74) is -0.257. The van der Waals surface area contributed by atoms with Crippen molar-refractivity contribution in [2.24, 2.45) is 5.92 Å². The SMILES string of the molecule is CC(C)(C)NC(=O)N[C@H]1CCCCC/C=C/[C@@H]2C[C@@]2(C(=O)NS(=O)(=O)C2CC2)NC(=O)[C@@H]2C[C@@H](OC(=O)N3Cc4ccc(Cl)cc4C3)CN2C1=O. The first-order valence-electron chi connectivity index (χ1n) is 17.7. The molecule has 0 spiro atoms. The molecular formula is C35H47ClN6O8S. The Kier molecular flexibility index (Phi) is 10.3. The van der Waals surface area contributed by atoms with Crippen molar-refractivity contribution in [2.75, 3.05) is 6.54 Å². The minimum atomic E-state index is -3.90. The lowest BCUT2D eigenvalue weighted by Crippen LogP contribution is -2.59. The van der Waals surface area contributed by atoms with Crippen molar-refractivity contribution >= 4 is 51.5 Å². The molecule has 6 rings (SSSR count). The van der Waals surface area contributed by atoms with Crippen LogP contribution in [0.15, 0.2) is 30.4 Å². The number of nitrogens with zero attached hydrogens (tertiary/aromatic N) is 2. The maximum Gasteiger partial charge on any atom is 0.410 e. The number of sulfonamides is 1. The lowest BCUT2D eigenvalue weighted by Gasteiger charge is -2.30. The molecule has 2 saturated carbocycles. The fraction of sp³-hybridized carbons (Fsp3) is 0.629. The van der Waals surface area contributed by atoms with Gasteiger partial charge in [0.05, 0.1) is 11.8 Å². The maximum atomic E-state index is 14.3. The monoisotopic (exact) mass is 746 g/mol. The van der Waals surface area contributed by atoms with Crippen LogP contribution in [0.2, 0.25) is 5.02 Å². The number of benzene rings is 1. The Morgan fingerprint density at radius 1 is 1.04 bits per heavy atom. The standard InChI is InChI=1S/C35H47ClN6O8S/c1-34(2,3)39-32(46)37-27-10-8-6-4-5-7-9-23-17-35(23,31(45)40-51(48,49)26-13-14-26)38-29(43)28-16-25(20-42(28)30(27)44)50-33(47)41-18-21-11-12-24(36)15-22(21)19-41/h7,9,11-12,15,23,25-28H,4-6,8,10,13-14,16-20H2,1-3H3,(H,38,43)(H,40,45)(H2,37,39,46)/b9-7+/t23-,25-,27+,28+,35-/m1/s1. The molecule has 14 nitrogen and oxygen atoms in total. The number of rotatable bonds is 5. The lowest BCUT2D eigenvalue weighted by molar-refractivity contribution is -0.141. The summed E-state index contributed by atoms with van der Waals surface area (Å²) in [6.45, 7) is 5.94. The Hall–Kier alpha value is -3.85. The number of hydrogen-bond acceptors (Lipinski definition) is 8. The van der Waals surface area contributed by atoms with Crippen LogP contribution in [0.25, 0.3) is 0 Å². The highest BCUT2D eigenvalue weighted by Gasteiger charge is 2.62. The number of ether oxygens (including phenoxy) is 1. The van der Waals surface area contributed by atoms with Crippen molar-refractivity contribution in [3.63, 3.8) is 0 Å². The predicted octanol–water partition coefficient (Wildman–Crippen LogP) is 3.23. The molecule has 51 heavy (non-hydrogen) atoms. The van der Waals surface area contributed by atoms with Crippen LogP contribution >= 0.6 is 11.6 Å². The second-order valence-corrected chi connectivity index (χ2v) is 17.8. The predicted molar refractivity (Wildman–Crippen MR) is 188 cm³/mol. The van der Waals surface area contributed by atoms with Gasteiger partial charge in [-0.2, -0.15) is 0 Å². The summed E-state index contributed by atoms with van der Waals surface area (Å²) in [6.07, 6.45) is 6.52. The summed E-state index contributed by atoms with van der Waals surface area (Å²) in [6, 6.07) is 2.72. The van der Waals surface area contributed by atoms with Gasteiger partial charge in [0.1, 0.15) is 23.7 Å². The molecule has 3 fully saturated rings. The van der Waals surface area contributed by atoms with Crippen molar-refractivity contribution in [3.05, 3.63) is 46.5 Å². The number of urea groups is 1. The van der Waals surface area contributed by atoms with Gasteiger partial charge in [-0.1, -0.05) is 42.7 Å². The molecule has 3 heterocycles. The first-order valence-corrected chi connectivity index (χ1v) is 19.6. The average Bonchev–Trinajstić information content (AvgIpc) is 3.93. The molecule has 0 radical (unpaired) electrons. The van der Waals surface area contributed by atoms with Gasteiger partial charge >= 0.3 is 12.1 Å². The van der Waals surface area contributed by atoms with E-state index in [4.69, 9.17) is 16.3 Å². The zero-order chi connectivity index (χ0) is 36.7. The van der Waals surface area contributed by atoms with Crippen LogP contribution in [0, 0.1) is 5.92 Å². The zero-order valence-corrected chi connectivity index (χ0v) is 30.8. The van der Waals surface area contributed by atoms with Crippen LogP contribution in [0.4, 0.5) is 9.59 Å². The number of amides is 6. The number of carbonyl (C=O) groups is 5. The maximum absolute atomic E-state index is 14.3. The third-order valence-corrected chi connectivity index (χ3v) is 12.1. The smallest absolute Gasteiger partial charge is 0.410 e. The molecule has 16 heteroatoms. The van der Waals surface area contributed by atoms with Gasteiger partial charge in [-0.15, -0.1) is 0 Å². The van der Waals surface area contributed by atoms with E-state index in [0.29, 0.717) is 50.2 Å². The second-order valence-electron chi connectivity index (χ2n) is 15.4. The largest absolute Gasteiger partial charge is 0.444 e. The molecule has 0 unspecified atom stereocenters. The van der Waals surface area contributed by atoms with E-state index in [1.54, 1.807) is 12.1 Å². The number of carbonyl (C=O) groups excluding carboxylic acids is 5. The quantitative estimate of drug-likeness (QED) is 0.331. The number of halogens is 1. The summed E-state index contributed by atoms with van der Waals surface area (Å²) in [7, 11) is -3.90. The molecule has 5 aliphatic rings. The van der Waals surface area contributed by atoms with Crippen LogP contribution in [0.1, 0.15) is 89.7 Å². The van der Waals surface area contributed by atoms with E-state index >= 15 is 0 Å². The van der Waals surface area contributed by atoms with Gasteiger partial charge in [0.25, 0.3) is 5.91 Å². The first kappa shape index (κ1) is 36.9. The van der Waals surface area contributed by atoms with E-state index in [0.717, 1.165) is 24.0 Å². The molecule has 2 aliphatic carbocycles. The number of hydrogen-bond donors (Lipinski definition) is 4. The molecule has 3 aliphatic heterocycles. The third-order valence-electron chi connectivity index (χ3n) is 10.1. The highest BCUT2D eigenvalue weighted by Crippen LogP contribution is 2.46. The van der Waals surface area contributed by atoms with Gasteiger partial charge in [-0.25, -0.2) is 18.0 Å². The van der Waals surface area contributed by atoms with E-state index in [-0.39, 0.29) is 19.4 Å². The number of allylic oxidation sites excluding steroid dienone is 1. The second kappa shape index (κ2) is 14.3. The van der Waals surface area contributed by atoms with E-state index in [9.17, 15) is 32.4 Å². The van der Waals surface area contributed by atoms with E-state index in [1.807, 2.05) is 39.0 Å². The van der Waals surface area contributed by atoms with Crippen LogP contribution < -0.4 is 20.7 Å². The summed E-state index contributed by atoms with van der Waals surface area (Å²) in [5, 5.41) is 8.36. The molecule has 4 N–H and O–H groups in total. The summed E-state index contributed by atoms with van der Waals surface area (Å²) < 4.78 is 33.6. The topological polar surface area (TPSA) is 183 Å². The summed E-state index contributed by atoms with van der Waals surface area (Å²) >= 11 is 6.15. The average molecular weight is 747 g/mol. The van der Waals surface area contributed by atoms with Gasteiger partial charge < -0.3 is 25.6 Å². The summed E-state index contributed by atoms with van der Waals surface area (Å²) in [4.78, 5) is 71.3. The molecule has 1 saturated heterocycles. The molecule has 1 aromatic rings. The number of nitrogens with one attached hydrogen (secondary N) is 4. The third kappa shape index (κ3) is 8.62. The Morgan fingerprint density at radius 2 is 1.78 bits per heavy atom. The molecule has 6 amide bonds. The van der Waals surface area contributed by atoms with Crippen LogP contribution in [0.5, 0.6) is 0 Å². The molecular weight excluding hydrogens is 700 g/mol. The van der Waals surface area contributed by atoms with Crippen molar-refractivity contribution in [1.29, 1.82) is 0 Å². The Morgan fingerprint density at radius 3 is 2.51 bits per heavy atom.